The van der Waals surface area contributed by atoms with Crippen LogP contribution in [0, 0.1) is 0 Å². The van der Waals surface area contributed by atoms with E-state index in [1.54, 1.807) is 0 Å². The van der Waals surface area contributed by atoms with Crippen LogP contribution in [0.25, 0.3) is 0 Å². The Kier molecular flexibility index (Phi) is 5.63. The fourth-order valence-corrected chi connectivity index (χ4v) is 7.66. The third kappa shape index (κ3) is 4.28. The molecule has 3 rings (SSSR count). The van der Waals surface area contributed by atoms with Gasteiger partial charge in [0.25, 0.3) is 5.91 Å². The van der Waals surface area contributed by atoms with Crippen LogP contribution in [0.3, 0.4) is 0 Å². The number of para-hydroxylation sites is 1. The van der Waals surface area contributed by atoms with Crippen molar-refractivity contribution in [3.63, 3.8) is 0 Å². The zero-order chi connectivity index (χ0) is 20.5. The number of hydrogen-bond donors (Lipinski definition) is 1. The molecule has 1 saturated heterocycles. The van der Waals surface area contributed by atoms with Crippen LogP contribution < -0.4 is 5.32 Å². The van der Waals surface area contributed by atoms with E-state index in [4.69, 9.17) is 0 Å². The molecule has 0 spiro atoms. The summed E-state index contributed by atoms with van der Waals surface area (Å²) in [7, 11) is -7.04. The van der Waals surface area contributed by atoms with Crippen LogP contribution in [0.15, 0.2) is 53.4 Å². The monoisotopic (exact) mass is 421 g/mol. The molecule has 1 aliphatic heterocycles. The lowest BCUT2D eigenvalue weighted by atomic mass is 10.0. The largest absolute Gasteiger partial charge is 0.322 e. The van der Waals surface area contributed by atoms with Crippen LogP contribution in [0.1, 0.15) is 42.1 Å². The normalized spacial score (nSPS) is 18.9. The minimum absolute atomic E-state index is 0.0359. The van der Waals surface area contributed by atoms with Crippen molar-refractivity contribution in [2.24, 2.45) is 0 Å². The Morgan fingerprint density at radius 2 is 1.71 bits per heavy atom. The summed E-state index contributed by atoms with van der Waals surface area (Å²) in [6, 6.07) is 13.2. The van der Waals surface area contributed by atoms with Crippen molar-refractivity contribution in [2.75, 3.05) is 16.8 Å². The molecule has 1 heterocycles. The highest BCUT2D eigenvalue weighted by molar-refractivity contribution is 7.96. The molecular weight excluding hydrogens is 398 g/mol. The topological polar surface area (TPSA) is 97.4 Å². The molecule has 8 heteroatoms. The lowest BCUT2D eigenvalue weighted by Gasteiger charge is -2.14. The number of hydrogen-bond acceptors (Lipinski definition) is 5. The minimum atomic E-state index is -3.74. The lowest BCUT2D eigenvalue weighted by Crippen LogP contribution is -2.23. The van der Waals surface area contributed by atoms with Gasteiger partial charge in [0.05, 0.1) is 21.7 Å². The second kappa shape index (κ2) is 7.67. The van der Waals surface area contributed by atoms with Gasteiger partial charge in [-0.15, -0.1) is 0 Å². The van der Waals surface area contributed by atoms with Gasteiger partial charge in [-0.3, -0.25) is 4.79 Å². The van der Waals surface area contributed by atoms with Gasteiger partial charge < -0.3 is 5.32 Å². The summed E-state index contributed by atoms with van der Waals surface area (Å²) < 4.78 is 48.5. The van der Waals surface area contributed by atoms with E-state index in [2.05, 4.69) is 5.32 Å². The van der Waals surface area contributed by atoms with E-state index in [1.807, 2.05) is 38.1 Å². The van der Waals surface area contributed by atoms with Crippen molar-refractivity contribution in [3.8, 4) is 0 Å². The number of benzene rings is 2. The Labute approximate surface area is 165 Å². The summed E-state index contributed by atoms with van der Waals surface area (Å²) in [6.07, 6.45) is 0.110. The van der Waals surface area contributed by atoms with Gasteiger partial charge in [-0.2, -0.15) is 0 Å². The van der Waals surface area contributed by atoms with Crippen molar-refractivity contribution >= 4 is 31.3 Å². The highest BCUT2D eigenvalue weighted by Crippen LogP contribution is 2.27. The lowest BCUT2D eigenvalue weighted by molar-refractivity contribution is 0.102. The molecule has 2 aromatic rings. The van der Waals surface area contributed by atoms with Gasteiger partial charge in [-0.05, 0) is 48.2 Å². The van der Waals surface area contributed by atoms with Gasteiger partial charge in [0, 0.05) is 11.3 Å². The average Bonchev–Trinajstić information content (AvgIpc) is 3.02. The molecule has 28 heavy (non-hydrogen) atoms. The van der Waals surface area contributed by atoms with E-state index in [0.29, 0.717) is 5.56 Å². The number of rotatable bonds is 5. The SMILES string of the molecule is CC(C)c1ccccc1NC(=O)c1ccc(S(=O)(=O)[C@H]2CCS(=O)(=O)C2)cc1. The quantitative estimate of drug-likeness (QED) is 0.800. The second-order valence-corrected chi connectivity index (χ2v) is 11.7. The maximum Gasteiger partial charge on any atom is 0.255 e. The Bertz CT molecular complexity index is 1090. The first-order valence-electron chi connectivity index (χ1n) is 9.05. The molecule has 0 bridgehead atoms. The number of carbonyl (C=O) groups is 1. The summed E-state index contributed by atoms with van der Waals surface area (Å²) in [4.78, 5) is 12.6. The van der Waals surface area contributed by atoms with E-state index in [0.717, 1.165) is 11.3 Å². The smallest absolute Gasteiger partial charge is 0.255 e. The number of amides is 1. The molecule has 6 nitrogen and oxygen atoms in total. The first kappa shape index (κ1) is 20.5. The maximum atomic E-state index is 12.6. The van der Waals surface area contributed by atoms with E-state index in [1.165, 1.54) is 24.3 Å². The molecular formula is C20H23NO5S2. The Balaban J connectivity index is 1.79. The molecule has 1 atom stereocenters. The predicted octanol–water partition coefficient (Wildman–Crippen LogP) is 3.02. The van der Waals surface area contributed by atoms with Gasteiger partial charge >= 0.3 is 0 Å². The van der Waals surface area contributed by atoms with Crippen LogP contribution in [-0.2, 0) is 19.7 Å². The summed E-state index contributed by atoms with van der Waals surface area (Å²) in [5.41, 5.74) is 2.06. The predicted molar refractivity (Wildman–Crippen MR) is 109 cm³/mol. The Morgan fingerprint density at radius 1 is 1.07 bits per heavy atom. The van der Waals surface area contributed by atoms with Gasteiger partial charge in [0.1, 0.15) is 0 Å². The molecule has 0 saturated carbocycles. The molecule has 0 aliphatic carbocycles. The summed E-state index contributed by atoms with van der Waals surface area (Å²) in [5.74, 6) is -0.539. The van der Waals surface area contributed by atoms with E-state index >= 15 is 0 Å². The van der Waals surface area contributed by atoms with E-state index in [-0.39, 0.29) is 34.6 Å². The number of sulfone groups is 2. The van der Waals surface area contributed by atoms with Crippen molar-refractivity contribution in [1.82, 2.24) is 0 Å². The number of anilines is 1. The summed E-state index contributed by atoms with van der Waals surface area (Å²) >= 11 is 0. The van der Waals surface area contributed by atoms with Gasteiger partial charge in [0.15, 0.2) is 19.7 Å². The van der Waals surface area contributed by atoms with Crippen molar-refractivity contribution in [1.29, 1.82) is 0 Å². The number of carbonyl (C=O) groups excluding carboxylic acids is 1. The van der Waals surface area contributed by atoms with E-state index < -0.39 is 24.9 Å². The standard InChI is InChI=1S/C20H23NO5S2/c1-14(2)18-5-3-4-6-19(18)21-20(22)15-7-9-16(10-8-15)28(25,26)17-11-12-27(23,24)13-17/h3-10,14,17H,11-13H2,1-2H3,(H,21,22)/t17-/m0/s1. The third-order valence-corrected chi connectivity index (χ3v) is 9.09. The molecule has 0 aromatic heterocycles. The van der Waals surface area contributed by atoms with Crippen molar-refractivity contribution in [2.45, 2.75) is 36.3 Å². The second-order valence-electron chi connectivity index (χ2n) is 7.29. The maximum absolute atomic E-state index is 12.6. The van der Waals surface area contributed by atoms with Crippen molar-refractivity contribution in [3.05, 3.63) is 59.7 Å². The molecule has 1 aliphatic rings. The Hall–Kier alpha value is -2.19. The van der Waals surface area contributed by atoms with E-state index in [9.17, 15) is 21.6 Å². The highest BCUT2D eigenvalue weighted by atomic mass is 32.2. The van der Waals surface area contributed by atoms with Gasteiger partial charge in [-0.1, -0.05) is 32.0 Å². The van der Waals surface area contributed by atoms with Crippen LogP contribution in [0.2, 0.25) is 0 Å². The first-order chi connectivity index (χ1) is 13.1. The summed E-state index contributed by atoms with van der Waals surface area (Å²) in [5, 5.41) is 1.94. The first-order valence-corrected chi connectivity index (χ1v) is 12.4. The molecule has 2 aromatic carbocycles. The zero-order valence-corrected chi connectivity index (χ0v) is 17.4. The van der Waals surface area contributed by atoms with Crippen LogP contribution >= 0.6 is 0 Å². The Morgan fingerprint density at radius 3 is 2.29 bits per heavy atom. The van der Waals surface area contributed by atoms with Crippen molar-refractivity contribution < 1.29 is 21.6 Å². The fourth-order valence-electron chi connectivity index (χ4n) is 3.30. The molecule has 0 radical (unpaired) electrons. The average molecular weight is 422 g/mol. The van der Waals surface area contributed by atoms with Crippen LogP contribution in [0.4, 0.5) is 5.69 Å². The molecule has 1 amide bonds. The van der Waals surface area contributed by atoms with Crippen LogP contribution in [0.5, 0.6) is 0 Å². The van der Waals surface area contributed by atoms with Crippen LogP contribution in [-0.4, -0.2) is 39.5 Å². The summed E-state index contributed by atoms with van der Waals surface area (Å²) in [6.45, 7) is 4.07. The number of nitrogens with one attached hydrogen (secondary N) is 1. The molecule has 0 unspecified atom stereocenters. The van der Waals surface area contributed by atoms with Gasteiger partial charge in [0.2, 0.25) is 0 Å². The molecule has 1 N–H and O–H groups in total. The molecule has 1 fully saturated rings. The van der Waals surface area contributed by atoms with Gasteiger partial charge in [-0.25, -0.2) is 16.8 Å². The fraction of sp³-hybridized carbons (Fsp3) is 0.350. The minimum Gasteiger partial charge on any atom is -0.322 e. The molecule has 150 valence electrons. The third-order valence-electron chi connectivity index (χ3n) is 4.91. The highest BCUT2D eigenvalue weighted by Gasteiger charge is 2.38. The zero-order valence-electron chi connectivity index (χ0n) is 15.8.